The van der Waals surface area contributed by atoms with Crippen LogP contribution in [0.4, 0.5) is 23.2 Å². The fourth-order valence-electron chi connectivity index (χ4n) is 3.52. The maximum absolute atomic E-state index is 13.1. The summed E-state index contributed by atoms with van der Waals surface area (Å²) >= 11 is 1.42. The molecule has 1 aromatic heterocycles. The van der Waals surface area contributed by atoms with Gasteiger partial charge < -0.3 is 15.2 Å². The number of nitrogens with zero attached hydrogens (tertiary/aromatic N) is 1. The van der Waals surface area contributed by atoms with Gasteiger partial charge in [0.05, 0.1) is 4.88 Å². The lowest BCUT2D eigenvalue weighted by molar-refractivity contribution is -0.192. The predicted octanol–water partition coefficient (Wildman–Crippen LogP) is 5.73. The highest BCUT2D eigenvalue weighted by molar-refractivity contribution is 7.12. The van der Waals surface area contributed by atoms with E-state index in [1.54, 1.807) is 0 Å². The number of thiophene rings is 1. The summed E-state index contributed by atoms with van der Waals surface area (Å²) in [6.45, 7) is 4.58. The number of benzene rings is 2. The molecule has 1 saturated heterocycles. The van der Waals surface area contributed by atoms with E-state index in [0.29, 0.717) is 4.88 Å². The molecule has 3 aromatic rings. The minimum Gasteiger partial charge on any atom is -0.489 e. The highest BCUT2D eigenvalue weighted by Gasteiger charge is 2.38. The Morgan fingerprint density at radius 2 is 1.86 bits per heavy atom. The van der Waals surface area contributed by atoms with Gasteiger partial charge in [-0.1, -0.05) is 18.2 Å². The topological polar surface area (TPSA) is 78.9 Å². The van der Waals surface area contributed by atoms with Gasteiger partial charge in [-0.2, -0.15) is 13.2 Å². The number of carboxylic acid groups (broad SMARTS) is 1. The first-order valence-electron chi connectivity index (χ1n) is 10.9. The van der Waals surface area contributed by atoms with Crippen molar-refractivity contribution in [2.75, 3.05) is 18.4 Å². The van der Waals surface area contributed by atoms with Gasteiger partial charge in [-0.25, -0.2) is 9.18 Å². The van der Waals surface area contributed by atoms with E-state index in [1.165, 1.54) is 23.5 Å². The van der Waals surface area contributed by atoms with Crippen LogP contribution in [-0.4, -0.2) is 47.3 Å². The number of carbonyl (C=O) groups is 2. The van der Waals surface area contributed by atoms with Gasteiger partial charge in [-0.15, -0.1) is 11.3 Å². The molecular weight excluding hydrogens is 500 g/mol. The first-order chi connectivity index (χ1) is 17.0. The lowest BCUT2D eigenvalue weighted by Crippen LogP contribution is -2.24. The van der Waals surface area contributed by atoms with Crippen LogP contribution in [0, 0.1) is 12.7 Å². The summed E-state index contributed by atoms with van der Waals surface area (Å²) in [6.07, 6.45) is -4.00. The van der Waals surface area contributed by atoms with E-state index in [4.69, 9.17) is 14.6 Å². The minimum atomic E-state index is -5.08. The summed E-state index contributed by atoms with van der Waals surface area (Å²) in [7, 11) is 0. The Bertz CT molecular complexity index is 1170. The number of carboxylic acids is 1. The smallest absolute Gasteiger partial charge is 0.489 e. The number of aliphatic carboxylic acids is 1. The van der Waals surface area contributed by atoms with Gasteiger partial charge in [0.25, 0.3) is 5.91 Å². The molecule has 1 amide bonds. The molecule has 1 unspecified atom stereocenters. The molecular formula is C25H24F4N2O4S. The normalized spacial score (nSPS) is 15.6. The molecule has 192 valence electrons. The minimum absolute atomic E-state index is 0.0969. The van der Waals surface area contributed by atoms with Crippen molar-refractivity contribution in [3.63, 3.8) is 0 Å². The van der Waals surface area contributed by atoms with Gasteiger partial charge in [0.1, 0.15) is 17.7 Å². The van der Waals surface area contributed by atoms with Gasteiger partial charge in [-0.3, -0.25) is 9.69 Å². The maximum Gasteiger partial charge on any atom is 0.490 e. The summed E-state index contributed by atoms with van der Waals surface area (Å²) < 4.78 is 51.0. The van der Waals surface area contributed by atoms with Gasteiger partial charge in [0, 0.05) is 25.3 Å². The zero-order chi connectivity index (χ0) is 26.3. The van der Waals surface area contributed by atoms with Crippen LogP contribution in [0.15, 0.2) is 60.0 Å². The van der Waals surface area contributed by atoms with E-state index >= 15 is 0 Å². The number of ether oxygens (including phenoxy) is 1. The van der Waals surface area contributed by atoms with Gasteiger partial charge in [-0.05, 0) is 66.2 Å². The third-order valence-corrected chi connectivity index (χ3v) is 6.13. The Balaban J connectivity index is 0.000000454. The van der Waals surface area contributed by atoms with Crippen LogP contribution < -0.4 is 10.1 Å². The molecule has 1 aliphatic heterocycles. The summed E-state index contributed by atoms with van der Waals surface area (Å²) in [5.41, 5.74) is 2.86. The van der Waals surface area contributed by atoms with Crippen LogP contribution >= 0.6 is 11.3 Å². The Morgan fingerprint density at radius 1 is 1.17 bits per heavy atom. The van der Waals surface area contributed by atoms with Gasteiger partial charge >= 0.3 is 12.1 Å². The van der Waals surface area contributed by atoms with Gasteiger partial charge in [0.2, 0.25) is 0 Å². The third-order valence-electron chi connectivity index (χ3n) is 5.26. The Kier molecular flexibility index (Phi) is 9.05. The van der Waals surface area contributed by atoms with E-state index in [1.807, 2.05) is 54.8 Å². The Hall–Kier alpha value is -3.44. The lowest BCUT2D eigenvalue weighted by atomic mass is 10.2. The molecule has 0 saturated carbocycles. The molecule has 36 heavy (non-hydrogen) atoms. The van der Waals surface area contributed by atoms with E-state index in [0.717, 1.165) is 48.6 Å². The molecule has 0 bridgehead atoms. The number of rotatable bonds is 6. The van der Waals surface area contributed by atoms with Crippen LogP contribution in [0.1, 0.15) is 27.2 Å². The van der Waals surface area contributed by atoms with Crippen molar-refractivity contribution in [1.82, 2.24) is 4.90 Å². The second kappa shape index (κ2) is 12.0. The summed E-state index contributed by atoms with van der Waals surface area (Å²) in [5.74, 6) is -2.22. The third kappa shape index (κ3) is 8.06. The van der Waals surface area contributed by atoms with Gasteiger partial charge in [0.15, 0.2) is 0 Å². The molecule has 0 spiro atoms. The molecule has 1 fully saturated rings. The fourth-order valence-corrected chi connectivity index (χ4v) is 4.14. The molecule has 0 aliphatic carbocycles. The second-order valence-corrected chi connectivity index (χ2v) is 9.05. The molecule has 2 heterocycles. The number of halogens is 4. The van der Waals surface area contributed by atoms with Crippen molar-refractivity contribution in [3.05, 3.63) is 81.8 Å². The quantitative estimate of drug-likeness (QED) is 0.403. The number of hydrogen-bond acceptors (Lipinski definition) is 5. The highest BCUT2D eigenvalue weighted by Crippen LogP contribution is 2.26. The van der Waals surface area contributed by atoms with Crippen molar-refractivity contribution in [3.8, 4) is 5.75 Å². The number of aryl methyl sites for hydroxylation is 1. The molecule has 4 rings (SSSR count). The zero-order valence-corrected chi connectivity index (χ0v) is 20.0. The van der Waals surface area contributed by atoms with Crippen LogP contribution in [0.2, 0.25) is 0 Å². The Labute approximate surface area is 209 Å². The number of likely N-dealkylation sites (tertiary alicyclic amines) is 1. The summed E-state index contributed by atoms with van der Waals surface area (Å²) in [5, 5.41) is 11.9. The average Bonchev–Trinajstić information content (AvgIpc) is 3.50. The zero-order valence-electron chi connectivity index (χ0n) is 19.2. The van der Waals surface area contributed by atoms with Crippen LogP contribution in [0.25, 0.3) is 0 Å². The second-order valence-electron chi connectivity index (χ2n) is 8.10. The SMILES string of the molecule is Cc1cc(NC(=O)c2cccs2)ccc1OC1CCN(Cc2ccc(F)cc2)C1.O=C(O)C(F)(F)F. The molecule has 11 heteroatoms. The van der Waals surface area contributed by atoms with Crippen molar-refractivity contribution < 1.29 is 37.0 Å². The number of carbonyl (C=O) groups excluding carboxylic acids is 1. The summed E-state index contributed by atoms with van der Waals surface area (Å²) in [6, 6.07) is 16.1. The van der Waals surface area contributed by atoms with Crippen molar-refractivity contribution in [2.24, 2.45) is 0 Å². The molecule has 6 nitrogen and oxygen atoms in total. The number of nitrogens with one attached hydrogen (secondary N) is 1. The lowest BCUT2D eigenvalue weighted by Gasteiger charge is -2.18. The van der Waals surface area contributed by atoms with Crippen LogP contribution in [0.5, 0.6) is 5.75 Å². The summed E-state index contributed by atoms with van der Waals surface area (Å²) in [4.78, 5) is 24.1. The van der Waals surface area contributed by atoms with E-state index in [-0.39, 0.29) is 17.8 Å². The monoisotopic (exact) mass is 524 g/mol. The van der Waals surface area contributed by atoms with E-state index in [2.05, 4.69) is 10.2 Å². The van der Waals surface area contributed by atoms with Crippen LogP contribution in [0.3, 0.4) is 0 Å². The number of anilines is 1. The number of amides is 1. The maximum atomic E-state index is 13.1. The molecule has 2 N–H and O–H groups in total. The first kappa shape index (κ1) is 27.2. The van der Waals surface area contributed by atoms with Crippen molar-refractivity contribution >= 4 is 28.9 Å². The van der Waals surface area contributed by atoms with E-state index in [9.17, 15) is 22.4 Å². The molecule has 1 aliphatic rings. The largest absolute Gasteiger partial charge is 0.490 e. The predicted molar refractivity (Wildman–Crippen MR) is 128 cm³/mol. The number of hydrogen-bond donors (Lipinski definition) is 2. The Morgan fingerprint density at radius 3 is 2.44 bits per heavy atom. The van der Waals surface area contributed by atoms with Crippen molar-refractivity contribution in [1.29, 1.82) is 0 Å². The molecule has 0 radical (unpaired) electrons. The highest BCUT2D eigenvalue weighted by atomic mass is 32.1. The van der Waals surface area contributed by atoms with E-state index < -0.39 is 12.1 Å². The van der Waals surface area contributed by atoms with Crippen LogP contribution in [-0.2, 0) is 11.3 Å². The molecule has 2 aromatic carbocycles. The first-order valence-corrected chi connectivity index (χ1v) is 11.8. The average molecular weight is 525 g/mol. The molecule has 1 atom stereocenters. The standard InChI is InChI=1S/C23H23FN2O2S.C2HF3O2/c1-16-13-19(25-23(27)22-3-2-12-29-22)8-9-21(16)28-20-10-11-26(15-20)14-17-4-6-18(24)7-5-17;3-2(4,5)1(6)7/h2-9,12-13,20H,10-11,14-15H2,1H3,(H,25,27);(H,6,7). The number of alkyl halides is 3. The fraction of sp³-hybridized carbons (Fsp3) is 0.280. The van der Waals surface area contributed by atoms with Crippen molar-refractivity contribution in [2.45, 2.75) is 32.2 Å².